The molecule has 0 aromatic heterocycles. The molecule has 0 bridgehead atoms. The average molecular weight is 529 g/mol. The van der Waals surface area contributed by atoms with E-state index in [0.717, 1.165) is 47.1 Å². The van der Waals surface area contributed by atoms with E-state index in [-0.39, 0.29) is 11.1 Å². The van der Waals surface area contributed by atoms with Gasteiger partial charge in [0.15, 0.2) is 0 Å². The molecule has 0 saturated carbocycles. The van der Waals surface area contributed by atoms with Gasteiger partial charge in [-0.05, 0) is 64.9 Å². The molecule has 6 heteroatoms. The monoisotopic (exact) mass is 528 g/mol. The summed E-state index contributed by atoms with van der Waals surface area (Å²) in [5.41, 5.74) is 4.95. The molecule has 0 heterocycles. The molecule has 0 aliphatic rings. The van der Waals surface area contributed by atoms with E-state index in [1.54, 1.807) is 18.2 Å². The van der Waals surface area contributed by atoms with Crippen LogP contribution in [0.15, 0.2) is 91.0 Å². The van der Waals surface area contributed by atoms with Crippen LogP contribution in [0.25, 0.3) is 22.3 Å². The minimum absolute atomic E-state index is 0.00823. The van der Waals surface area contributed by atoms with Crippen molar-refractivity contribution in [2.45, 2.75) is 45.4 Å². The summed E-state index contributed by atoms with van der Waals surface area (Å²) in [6.45, 7) is 8.32. The molecule has 0 atom stereocenters. The van der Waals surface area contributed by atoms with Crippen molar-refractivity contribution in [3.63, 3.8) is 0 Å². The highest BCUT2D eigenvalue weighted by Crippen LogP contribution is 2.33. The maximum atomic E-state index is 12.1. The van der Waals surface area contributed by atoms with Gasteiger partial charge < -0.3 is 19.7 Å². The SMILES string of the molecule is C=C(CO)C(=O)Oc1cccc(-c2ccc(-c3cccc(OC(=O)C(=C)CO)c3)c(CCCCCCC)c2)c1. The number of aryl methyl sites for hydroxylation is 1. The van der Waals surface area contributed by atoms with Gasteiger partial charge in [0.05, 0.1) is 24.4 Å². The molecular weight excluding hydrogens is 492 g/mol. The zero-order chi connectivity index (χ0) is 28.2. The van der Waals surface area contributed by atoms with E-state index < -0.39 is 25.2 Å². The van der Waals surface area contributed by atoms with Gasteiger partial charge in [0.1, 0.15) is 11.5 Å². The van der Waals surface area contributed by atoms with Crippen molar-refractivity contribution in [3.8, 4) is 33.8 Å². The standard InChI is InChI=1S/C33H36O6/c1-4-5-6-7-8-11-27-18-26(25-12-9-14-29(19-25)38-32(36)23(2)21-34)16-17-31(27)28-13-10-15-30(20-28)39-33(37)24(3)22-35/h9-10,12-20,34-35H,2-8,11,21-22H2,1H3. The van der Waals surface area contributed by atoms with Gasteiger partial charge in [0.25, 0.3) is 0 Å². The third-order valence-electron chi connectivity index (χ3n) is 6.35. The zero-order valence-electron chi connectivity index (χ0n) is 22.4. The van der Waals surface area contributed by atoms with E-state index in [2.05, 4.69) is 32.2 Å². The van der Waals surface area contributed by atoms with E-state index in [0.29, 0.717) is 11.5 Å². The number of hydrogen-bond donors (Lipinski definition) is 2. The fourth-order valence-corrected chi connectivity index (χ4v) is 4.13. The van der Waals surface area contributed by atoms with Crippen LogP contribution >= 0.6 is 0 Å². The Morgan fingerprint density at radius 3 is 1.82 bits per heavy atom. The smallest absolute Gasteiger partial charge is 0.341 e. The molecular formula is C33H36O6. The van der Waals surface area contributed by atoms with E-state index in [9.17, 15) is 9.59 Å². The summed E-state index contributed by atoms with van der Waals surface area (Å²) in [6, 6.07) is 20.8. The number of aliphatic hydroxyl groups is 2. The van der Waals surface area contributed by atoms with Crippen LogP contribution in [0.5, 0.6) is 11.5 Å². The van der Waals surface area contributed by atoms with Crippen LogP contribution in [0.2, 0.25) is 0 Å². The second-order valence-electron chi connectivity index (χ2n) is 9.39. The zero-order valence-corrected chi connectivity index (χ0v) is 22.4. The van der Waals surface area contributed by atoms with Gasteiger partial charge in [-0.3, -0.25) is 0 Å². The first-order chi connectivity index (χ1) is 18.9. The predicted molar refractivity (Wildman–Crippen MR) is 153 cm³/mol. The van der Waals surface area contributed by atoms with E-state index in [4.69, 9.17) is 19.7 Å². The van der Waals surface area contributed by atoms with Gasteiger partial charge in [-0.25, -0.2) is 9.59 Å². The minimum atomic E-state index is -0.666. The second kappa shape index (κ2) is 14.8. The minimum Gasteiger partial charge on any atom is -0.423 e. The number of carbonyl (C=O) groups excluding carboxylic acids is 2. The number of esters is 2. The van der Waals surface area contributed by atoms with Crippen LogP contribution < -0.4 is 9.47 Å². The Hall–Kier alpha value is -4.00. The third-order valence-corrected chi connectivity index (χ3v) is 6.35. The Labute approximate surface area is 230 Å². The fraction of sp³-hybridized carbons (Fsp3) is 0.273. The van der Waals surface area contributed by atoms with Crippen molar-refractivity contribution in [2.75, 3.05) is 13.2 Å². The van der Waals surface area contributed by atoms with Gasteiger partial charge in [-0.2, -0.15) is 0 Å². The molecule has 0 aliphatic carbocycles. The quantitative estimate of drug-likeness (QED) is 0.108. The van der Waals surface area contributed by atoms with E-state index in [1.807, 2.05) is 36.4 Å². The van der Waals surface area contributed by atoms with Crippen LogP contribution in [-0.2, 0) is 16.0 Å². The number of unbranched alkanes of at least 4 members (excludes halogenated alkanes) is 4. The van der Waals surface area contributed by atoms with Crippen LogP contribution in [0, 0.1) is 0 Å². The van der Waals surface area contributed by atoms with Crippen molar-refractivity contribution >= 4 is 11.9 Å². The van der Waals surface area contributed by atoms with Crippen molar-refractivity contribution in [2.24, 2.45) is 0 Å². The van der Waals surface area contributed by atoms with Gasteiger partial charge in [0, 0.05) is 0 Å². The second-order valence-corrected chi connectivity index (χ2v) is 9.39. The largest absolute Gasteiger partial charge is 0.423 e. The lowest BCUT2D eigenvalue weighted by atomic mass is 9.92. The van der Waals surface area contributed by atoms with Crippen molar-refractivity contribution in [3.05, 3.63) is 96.6 Å². The molecule has 3 aromatic carbocycles. The summed E-state index contributed by atoms with van der Waals surface area (Å²) in [7, 11) is 0. The lowest BCUT2D eigenvalue weighted by Gasteiger charge is -2.14. The number of hydrogen-bond acceptors (Lipinski definition) is 6. The molecule has 3 aromatic rings. The molecule has 204 valence electrons. The highest BCUT2D eigenvalue weighted by molar-refractivity contribution is 5.90. The molecule has 0 amide bonds. The Bertz CT molecular complexity index is 1320. The Morgan fingerprint density at radius 2 is 1.23 bits per heavy atom. The van der Waals surface area contributed by atoms with Crippen molar-refractivity contribution < 1.29 is 29.3 Å². The van der Waals surface area contributed by atoms with E-state index >= 15 is 0 Å². The van der Waals surface area contributed by atoms with Crippen molar-refractivity contribution in [1.29, 1.82) is 0 Å². The molecule has 2 N–H and O–H groups in total. The predicted octanol–water partition coefficient (Wildman–Crippen LogP) is 6.44. The summed E-state index contributed by atoms with van der Waals surface area (Å²) < 4.78 is 10.8. The summed E-state index contributed by atoms with van der Waals surface area (Å²) in [5.74, 6) is -0.578. The lowest BCUT2D eigenvalue weighted by Crippen LogP contribution is -2.12. The Kier molecular flexibility index (Phi) is 11.2. The highest BCUT2D eigenvalue weighted by Gasteiger charge is 2.13. The number of rotatable bonds is 14. The molecule has 0 unspecified atom stereocenters. The summed E-state index contributed by atoms with van der Waals surface area (Å²) in [4.78, 5) is 24.2. The molecule has 39 heavy (non-hydrogen) atoms. The first kappa shape index (κ1) is 29.6. The van der Waals surface area contributed by atoms with Gasteiger partial charge in [-0.1, -0.05) is 88.2 Å². The third kappa shape index (κ3) is 8.50. The number of aliphatic hydroxyl groups excluding tert-OH is 2. The Morgan fingerprint density at radius 1 is 0.692 bits per heavy atom. The molecule has 0 saturated heterocycles. The van der Waals surface area contributed by atoms with Gasteiger partial charge >= 0.3 is 11.9 Å². The lowest BCUT2D eigenvalue weighted by molar-refractivity contribution is -0.131. The van der Waals surface area contributed by atoms with E-state index in [1.165, 1.54) is 19.3 Å². The molecule has 0 aliphatic heterocycles. The molecule has 0 spiro atoms. The molecule has 6 nitrogen and oxygen atoms in total. The van der Waals surface area contributed by atoms with Crippen LogP contribution in [0.4, 0.5) is 0 Å². The summed E-state index contributed by atoms with van der Waals surface area (Å²) in [6.07, 6.45) is 6.65. The topological polar surface area (TPSA) is 93.1 Å². The Balaban J connectivity index is 1.93. The number of benzene rings is 3. The van der Waals surface area contributed by atoms with Gasteiger partial charge in [-0.15, -0.1) is 0 Å². The van der Waals surface area contributed by atoms with Crippen LogP contribution in [0.3, 0.4) is 0 Å². The van der Waals surface area contributed by atoms with Crippen LogP contribution in [0.1, 0.15) is 44.6 Å². The normalized spacial score (nSPS) is 10.6. The molecule has 0 radical (unpaired) electrons. The number of carbonyl (C=O) groups is 2. The number of ether oxygens (including phenoxy) is 2. The first-order valence-electron chi connectivity index (χ1n) is 13.2. The first-order valence-corrected chi connectivity index (χ1v) is 13.2. The van der Waals surface area contributed by atoms with Crippen molar-refractivity contribution in [1.82, 2.24) is 0 Å². The molecule has 3 rings (SSSR count). The van der Waals surface area contributed by atoms with Crippen LogP contribution in [-0.4, -0.2) is 35.4 Å². The summed E-state index contributed by atoms with van der Waals surface area (Å²) >= 11 is 0. The molecule has 0 fully saturated rings. The average Bonchev–Trinajstić information content (AvgIpc) is 2.96. The maximum Gasteiger partial charge on any atom is 0.341 e. The van der Waals surface area contributed by atoms with Gasteiger partial charge in [0.2, 0.25) is 0 Å². The highest BCUT2D eigenvalue weighted by atomic mass is 16.5. The maximum absolute atomic E-state index is 12.1. The summed E-state index contributed by atoms with van der Waals surface area (Å²) in [5, 5.41) is 18.3. The fourth-order valence-electron chi connectivity index (χ4n) is 4.13.